The molecule has 0 N–H and O–H groups in total. The second-order valence-corrected chi connectivity index (χ2v) is 5.51. The van der Waals surface area contributed by atoms with Crippen LogP contribution in [0.5, 0.6) is 0 Å². The third-order valence-electron chi connectivity index (χ3n) is 2.82. The van der Waals surface area contributed by atoms with Crippen molar-refractivity contribution in [2.24, 2.45) is 0 Å². The zero-order valence-electron chi connectivity index (χ0n) is 9.35. The Bertz CT molecular complexity index is 268. The number of rotatable bonds is 3. The Morgan fingerprint density at radius 3 is 2.46 bits per heavy atom. The van der Waals surface area contributed by atoms with E-state index in [9.17, 15) is 0 Å². The maximum Gasteiger partial charge on any atom is 0.0136 e. The summed E-state index contributed by atoms with van der Waals surface area (Å²) in [5.41, 5.74) is 1.89. The first kappa shape index (κ1) is 10.8. The summed E-state index contributed by atoms with van der Waals surface area (Å²) >= 11 is 1.91. The van der Waals surface area contributed by atoms with E-state index in [1.807, 2.05) is 11.3 Å². The van der Waals surface area contributed by atoms with Crippen LogP contribution < -0.4 is 0 Å². The standard InChI is InChI=1S/C12H20S/c1-6-12(4,5)11-10(9(2)3)7-8-13-11/h7-9H,6H2,1-5H3. The van der Waals surface area contributed by atoms with Crippen LogP contribution in [0.25, 0.3) is 0 Å². The zero-order chi connectivity index (χ0) is 10.1. The average molecular weight is 196 g/mol. The number of hydrogen-bond donors (Lipinski definition) is 0. The molecule has 1 heteroatoms. The van der Waals surface area contributed by atoms with E-state index in [1.54, 1.807) is 4.88 Å². The molecule has 13 heavy (non-hydrogen) atoms. The molecular weight excluding hydrogens is 176 g/mol. The number of hydrogen-bond acceptors (Lipinski definition) is 1. The molecule has 0 amide bonds. The second-order valence-electron chi connectivity index (χ2n) is 4.60. The van der Waals surface area contributed by atoms with Crippen LogP contribution in [0, 0.1) is 0 Å². The van der Waals surface area contributed by atoms with Gasteiger partial charge in [-0.25, -0.2) is 0 Å². The Kier molecular flexibility index (Phi) is 3.18. The molecule has 0 atom stereocenters. The monoisotopic (exact) mass is 196 g/mol. The second kappa shape index (κ2) is 3.83. The number of thiophene rings is 1. The van der Waals surface area contributed by atoms with Crippen molar-refractivity contribution in [3.8, 4) is 0 Å². The molecule has 0 fully saturated rings. The van der Waals surface area contributed by atoms with Gasteiger partial charge in [-0.05, 0) is 34.8 Å². The van der Waals surface area contributed by atoms with E-state index >= 15 is 0 Å². The zero-order valence-corrected chi connectivity index (χ0v) is 10.2. The minimum atomic E-state index is 0.355. The molecule has 0 spiro atoms. The van der Waals surface area contributed by atoms with Crippen molar-refractivity contribution >= 4 is 11.3 Å². The van der Waals surface area contributed by atoms with E-state index in [0.717, 1.165) is 0 Å². The summed E-state index contributed by atoms with van der Waals surface area (Å²) in [6.45, 7) is 11.5. The third-order valence-corrected chi connectivity index (χ3v) is 4.11. The Balaban J connectivity index is 3.07. The Hall–Kier alpha value is -0.300. The molecule has 0 radical (unpaired) electrons. The summed E-state index contributed by atoms with van der Waals surface area (Å²) in [4.78, 5) is 1.57. The van der Waals surface area contributed by atoms with Gasteiger partial charge in [0, 0.05) is 4.88 Å². The van der Waals surface area contributed by atoms with Gasteiger partial charge in [-0.1, -0.05) is 34.6 Å². The lowest BCUT2D eigenvalue weighted by atomic mass is 9.84. The molecule has 1 rings (SSSR count). The molecular formula is C12H20S. The summed E-state index contributed by atoms with van der Waals surface area (Å²) in [6, 6.07) is 2.28. The predicted octanol–water partition coefficient (Wildman–Crippen LogP) is 4.56. The maximum atomic E-state index is 2.34. The van der Waals surface area contributed by atoms with Gasteiger partial charge in [-0.2, -0.15) is 0 Å². The Labute approximate surface area is 86.0 Å². The molecule has 0 unspecified atom stereocenters. The molecule has 0 nitrogen and oxygen atoms in total. The lowest BCUT2D eigenvalue weighted by Gasteiger charge is -2.24. The first-order chi connectivity index (χ1) is 5.99. The molecule has 0 saturated heterocycles. The molecule has 0 bridgehead atoms. The fourth-order valence-corrected chi connectivity index (χ4v) is 2.74. The van der Waals surface area contributed by atoms with E-state index in [-0.39, 0.29) is 0 Å². The first-order valence-electron chi connectivity index (χ1n) is 5.07. The van der Waals surface area contributed by atoms with Crippen molar-refractivity contribution in [1.82, 2.24) is 0 Å². The van der Waals surface area contributed by atoms with Gasteiger partial charge < -0.3 is 0 Å². The fourth-order valence-electron chi connectivity index (χ4n) is 1.48. The molecule has 0 aliphatic carbocycles. The van der Waals surface area contributed by atoms with Crippen LogP contribution in [0.3, 0.4) is 0 Å². The van der Waals surface area contributed by atoms with Gasteiger partial charge in [-0.3, -0.25) is 0 Å². The van der Waals surface area contributed by atoms with Gasteiger partial charge >= 0.3 is 0 Å². The van der Waals surface area contributed by atoms with Crippen molar-refractivity contribution in [2.45, 2.75) is 52.4 Å². The summed E-state index contributed by atoms with van der Waals surface area (Å²) in [6.07, 6.45) is 1.22. The maximum absolute atomic E-state index is 2.34. The van der Waals surface area contributed by atoms with Crippen molar-refractivity contribution in [2.75, 3.05) is 0 Å². The minimum absolute atomic E-state index is 0.355. The Morgan fingerprint density at radius 2 is 2.00 bits per heavy atom. The van der Waals surface area contributed by atoms with Crippen molar-refractivity contribution in [3.63, 3.8) is 0 Å². The molecule has 0 aromatic carbocycles. The molecule has 1 aromatic rings. The normalized spacial score (nSPS) is 12.5. The summed E-state index contributed by atoms with van der Waals surface area (Å²) in [5.74, 6) is 0.659. The van der Waals surface area contributed by atoms with E-state index in [1.165, 1.54) is 12.0 Å². The van der Waals surface area contributed by atoms with Gasteiger partial charge in [0.1, 0.15) is 0 Å². The van der Waals surface area contributed by atoms with Gasteiger partial charge in [-0.15, -0.1) is 11.3 Å². The third kappa shape index (κ3) is 2.14. The lowest BCUT2D eigenvalue weighted by molar-refractivity contribution is 0.510. The molecule has 0 aliphatic heterocycles. The highest BCUT2D eigenvalue weighted by Gasteiger charge is 2.23. The summed E-state index contributed by atoms with van der Waals surface area (Å²) < 4.78 is 0. The van der Waals surface area contributed by atoms with Crippen LogP contribution in [0.1, 0.15) is 57.4 Å². The van der Waals surface area contributed by atoms with Crippen LogP contribution in [0.2, 0.25) is 0 Å². The van der Waals surface area contributed by atoms with Gasteiger partial charge in [0.15, 0.2) is 0 Å². The molecule has 1 aromatic heterocycles. The van der Waals surface area contributed by atoms with E-state index in [0.29, 0.717) is 11.3 Å². The van der Waals surface area contributed by atoms with Gasteiger partial charge in [0.2, 0.25) is 0 Å². The predicted molar refractivity (Wildman–Crippen MR) is 61.7 cm³/mol. The van der Waals surface area contributed by atoms with Gasteiger partial charge in [0.05, 0.1) is 0 Å². The average Bonchev–Trinajstić information content (AvgIpc) is 2.52. The SMILES string of the molecule is CCC(C)(C)c1sccc1C(C)C. The highest BCUT2D eigenvalue weighted by Crippen LogP contribution is 2.36. The summed E-state index contributed by atoms with van der Waals surface area (Å²) in [7, 11) is 0. The van der Waals surface area contributed by atoms with Crippen LogP contribution in [0.15, 0.2) is 11.4 Å². The van der Waals surface area contributed by atoms with Crippen molar-refractivity contribution in [1.29, 1.82) is 0 Å². The highest BCUT2D eigenvalue weighted by molar-refractivity contribution is 7.10. The fraction of sp³-hybridized carbons (Fsp3) is 0.667. The smallest absolute Gasteiger partial charge is 0.0136 e. The molecule has 0 saturated carbocycles. The van der Waals surface area contributed by atoms with E-state index in [2.05, 4.69) is 46.1 Å². The molecule has 1 heterocycles. The van der Waals surface area contributed by atoms with E-state index < -0.39 is 0 Å². The highest BCUT2D eigenvalue weighted by atomic mass is 32.1. The van der Waals surface area contributed by atoms with Crippen LogP contribution in [-0.4, -0.2) is 0 Å². The van der Waals surface area contributed by atoms with E-state index in [4.69, 9.17) is 0 Å². The topological polar surface area (TPSA) is 0 Å². The van der Waals surface area contributed by atoms with Crippen LogP contribution in [-0.2, 0) is 5.41 Å². The van der Waals surface area contributed by atoms with Crippen LogP contribution in [0.4, 0.5) is 0 Å². The van der Waals surface area contributed by atoms with Crippen molar-refractivity contribution in [3.05, 3.63) is 21.9 Å². The van der Waals surface area contributed by atoms with Crippen molar-refractivity contribution < 1.29 is 0 Å². The summed E-state index contributed by atoms with van der Waals surface area (Å²) in [5, 5.41) is 2.22. The van der Waals surface area contributed by atoms with Gasteiger partial charge in [0.25, 0.3) is 0 Å². The van der Waals surface area contributed by atoms with Crippen LogP contribution >= 0.6 is 11.3 Å². The minimum Gasteiger partial charge on any atom is -0.148 e. The largest absolute Gasteiger partial charge is 0.148 e. The first-order valence-corrected chi connectivity index (χ1v) is 5.95. The molecule has 74 valence electrons. The quantitative estimate of drug-likeness (QED) is 0.665. The lowest BCUT2D eigenvalue weighted by Crippen LogP contribution is -2.15. The molecule has 0 aliphatic rings. The Morgan fingerprint density at radius 1 is 1.38 bits per heavy atom.